The van der Waals surface area contributed by atoms with Gasteiger partial charge < -0.3 is 10.0 Å². The first-order chi connectivity index (χ1) is 9.08. The van der Waals surface area contributed by atoms with Crippen LogP contribution in [-0.2, 0) is 0 Å². The van der Waals surface area contributed by atoms with Gasteiger partial charge in [0.25, 0.3) is 0 Å². The van der Waals surface area contributed by atoms with Crippen molar-refractivity contribution in [3.05, 3.63) is 0 Å². The van der Waals surface area contributed by atoms with Gasteiger partial charge in [-0.1, -0.05) is 26.7 Å². The smallest absolute Gasteiger partial charge is 0.0580 e. The van der Waals surface area contributed by atoms with Crippen LogP contribution in [0.4, 0.5) is 0 Å². The number of aliphatic hydroxyl groups excluding tert-OH is 1. The van der Waals surface area contributed by atoms with E-state index in [0.717, 1.165) is 24.8 Å². The number of hydrogen-bond acceptors (Lipinski definition) is 2. The Kier molecular flexibility index (Phi) is 5.70. The van der Waals surface area contributed by atoms with Crippen molar-refractivity contribution in [2.75, 3.05) is 13.1 Å². The first kappa shape index (κ1) is 15.3. The summed E-state index contributed by atoms with van der Waals surface area (Å²) in [7, 11) is 0. The maximum atomic E-state index is 10.3. The van der Waals surface area contributed by atoms with Crippen LogP contribution in [-0.4, -0.2) is 35.2 Å². The van der Waals surface area contributed by atoms with Gasteiger partial charge in [-0.3, -0.25) is 0 Å². The van der Waals surface area contributed by atoms with Crippen molar-refractivity contribution in [1.29, 1.82) is 0 Å². The van der Waals surface area contributed by atoms with E-state index in [0.29, 0.717) is 12.0 Å². The van der Waals surface area contributed by atoms with E-state index < -0.39 is 0 Å². The first-order valence-electron chi connectivity index (χ1n) is 8.50. The fourth-order valence-corrected chi connectivity index (χ4v) is 3.99. The third-order valence-electron chi connectivity index (χ3n) is 5.59. The fraction of sp³-hybridized carbons (Fsp3) is 1.00. The lowest BCUT2D eigenvalue weighted by Gasteiger charge is -2.39. The highest BCUT2D eigenvalue weighted by Crippen LogP contribution is 2.35. The largest absolute Gasteiger partial charge is 0.393 e. The van der Waals surface area contributed by atoms with E-state index >= 15 is 0 Å². The minimum Gasteiger partial charge on any atom is -0.393 e. The molecule has 1 saturated carbocycles. The van der Waals surface area contributed by atoms with Crippen LogP contribution in [0.2, 0.25) is 0 Å². The molecule has 0 spiro atoms. The Hall–Kier alpha value is -0.0800. The molecule has 112 valence electrons. The Morgan fingerprint density at radius 2 is 1.89 bits per heavy atom. The maximum Gasteiger partial charge on any atom is 0.0580 e. The van der Waals surface area contributed by atoms with E-state index in [2.05, 4.69) is 25.7 Å². The van der Waals surface area contributed by atoms with E-state index in [1.54, 1.807) is 0 Å². The summed E-state index contributed by atoms with van der Waals surface area (Å²) in [6.45, 7) is 9.44. The van der Waals surface area contributed by atoms with Gasteiger partial charge in [-0.15, -0.1) is 0 Å². The van der Waals surface area contributed by atoms with Crippen LogP contribution in [0, 0.1) is 17.8 Å². The van der Waals surface area contributed by atoms with Gasteiger partial charge in [-0.25, -0.2) is 0 Å². The van der Waals surface area contributed by atoms with Crippen LogP contribution in [0.25, 0.3) is 0 Å². The second-order valence-corrected chi connectivity index (χ2v) is 7.34. The van der Waals surface area contributed by atoms with Gasteiger partial charge in [0.15, 0.2) is 0 Å². The molecular weight excluding hydrogens is 234 g/mol. The van der Waals surface area contributed by atoms with Crippen LogP contribution in [0.5, 0.6) is 0 Å². The van der Waals surface area contributed by atoms with E-state index in [-0.39, 0.29) is 6.10 Å². The van der Waals surface area contributed by atoms with E-state index in [9.17, 15) is 5.11 Å². The van der Waals surface area contributed by atoms with Crippen LogP contribution < -0.4 is 0 Å². The lowest BCUT2D eigenvalue weighted by Crippen LogP contribution is -2.43. The van der Waals surface area contributed by atoms with Gasteiger partial charge in [0.2, 0.25) is 0 Å². The average molecular weight is 267 g/mol. The number of nitrogens with zero attached hydrogens (tertiary/aromatic N) is 1. The summed E-state index contributed by atoms with van der Waals surface area (Å²) < 4.78 is 0. The molecule has 0 amide bonds. The Balaban J connectivity index is 1.91. The quantitative estimate of drug-likeness (QED) is 0.843. The molecule has 0 aromatic rings. The van der Waals surface area contributed by atoms with Crippen molar-refractivity contribution in [3.63, 3.8) is 0 Å². The van der Waals surface area contributed by atoms with Gasteiger partial charge in [0.05, 0.1) is 6.10 Å². The first-order valence-corrected chi connectivity index (χ1v) is 8.50. The Labute approximate surface area is 119 Å². The zero-order valence-corrected chi connectivity index (χ0v) is 13.1. The molecule has 2 fully saturated rings. The molecule has 4 unspecified atom stereocenters. The molecule has 19 heavy (non-hydrogen) atoms. The van der Waals surface area contributed by atoms with Crippen LogP contribution in [0.1, 0.15) is 65.7 Å². The van der Waals surface area contributed by atoms with Gasteiger partial charge in [-0.05, 0) is 63.3 Å². The number of rotatable bonds is 3. The predicted octanol–water partition coefficient (Wildman–Crippen LogP) is 3.68. The van der Waals surface area contributed by atoms with Crippen LogP contribution in [0.15, 0.2) is 0 Å². The summed E-state index contributed by atoms with van der Waals surface area (Å²) >= 11 is 0. The summed E-state index contributed by atoms with van der Waals surface area (Å²) in [5.41, 5.74) is 0. The molecule has 4 atom stereocenters. The fourth-order valence-electron chi connectivity index (χ4n) is 3.99. The molecule has 2 aliphatic rings. The molecule has 2 heteroatoms. The molecule has 0 bridgehead atoms. The molecule has 1 saturated heterocycles. The topological polar surface area (TPSA) is 23.5 Å². The van der Waals surface area contributed by atoms with Crippen molar-refractivity contribution in [2.24, 2.45) is 17.8 Å². The summed E-state index contributed by atoms with van der Waals surface area (Å²) in [4.78, 5) is 2.66. The zero-order chi connectivity index (χ0) is 13.8. The third kappa shape index (κ3) is 4.19. The Bertz CT molecular complexity index is 266. The van der Waals surface area contributed by atoms with Crippen molar-refractivity contribution in [1.82, 2.24) is 4.90 Å². The third-order valence-corrected chi connectivity index (χ3v) is 5.59. The molecule has 2 nitrogen and oxygen atoms in total. The normalized spacial score (nSPS) is 38.4. The second kappa shape index (κ2) is 7.08. The SMILES string of the molecule is CC(C)C1CCC(O)C(CN2CCCCCC2C)C1. The van der Waals surface area contributed by atoms with Gasteiger partial charge >= 0.3 is 0 Å². The Morgan fingerprint density at radius 3 is 2.63 bits per heavy atom. The summed E-state index contributed by atoms with van der Waals surface area (Å²) in [5.74, 6) is 2.12. The van der Waals surface area contributed by atoms with Gasteiger partial charge in [0, 0.05) is 12.6 Å². The highest BCUT2D eigenvalue weighted by molar-refractivity contribution is 4.85. The second-order valence-electron chi connectivity index (χ2n) is 7.34. The zero-order valence-electron chi connectivity index (χ0n) is 13.1. The minimum atomic E-state index is -0.0505. The molecule has 2 rings (SSSR count). The molecule has 0 aromatic carbocycles. The lowest BCUT2D eigenvalue weighted by molar-refractivity contribution is 0.0126. The predicted molar refractivity (Wildman–Crippen MR) is 81.2 cm³/mol. The van der Waals surface area contributed by atoms with Gasteiger partial charge in [0.1, 0.15) is 0 Å². The molecule has 1 aliphatic carbocycles. The monoisotopic (exact) mass is 267 g/mol. The number of likely N-dealkylation sites (tertiary alicyclic amines) is 1. The van der Waals surface area contributed by atoms with E-state index in [4.69, 9.17) is 0 Å². The Morgan fingerprint density at radius 1 is 1.11 bits per heavy atom. The molecular formula is C17H33NO. The highest BCUT2D eigenvalue weighted by atomic mass is 16.3. The summed E-state index contributed by atoms with van der Waals surface area (Å²) in [6, 6.07) is 0.717. The van der Waals surface area contributed by atoms with Crippen molar-refractivity contribution < 1.29 is 5.11 Å². The molecule has 1 heterocycles. The van der Waals surface area contributed by atoms with Crippen molar-refractivity contribution in [3.8, 4) is 0 Å². The standard InChI is InChI=1S/C17H33NO/c1-13(2)15-8-9-17(19)16(11-15)12-18-10-6-4-5-7-14(18)3/h13-17,19H,4-12H2,1-3H3. The average Bonchev–Trinajstić information content (AvgIpc) is 2.57. The minimum absolute atomic E-state index is 0.0505. The number of hydrogen-bond donors (Lipinski definition) is 1. The molecule has 0 radical (unpaired) electrons. The molecule has 0 aromatic heterocycles. The number of aliphatic hydroxyl groups is 1. The van der Waals surface area contributed by atoms with Gasteiger partial charge in [-0.2, -0.15) is 0 Å². The molecule has 1 N–H and O–H groups in total. The summed E-state index contributed by atoms with van der Waals surface area (Å²) in [5, 5.41) is 10.3. The van der Waals surface area contributed by atoms with Crippen molar-refractivity contribution in [2.45, 2.75) is 77.9 Å². The summed E-state index contributed by atoms with van der Waals surface area (Å²) in [6.07, 6.45) is 8.91. The van der Waals surface area contributed by atoms with Crippen molar-refractivity contribution >= 4 is 0 Å². The van der Waals surface area contributed by atoms with E-state index in [1.807, 2.05) is 0 Å². The van der Waals surface area contributed by atoms with Crippen LogP contribution in [0.3, 0.4) is 0 Å². The highest BCUT2D eigenvalue weighted by Gasteiger charge is 2.32. The van der Waals surface area contributed by atoms with E-state index in [1.165, 1.54) is 45.1 Å². The molecule has 1 aliphatic heterocycles. The lowest BCUT2D eigenvalue weighted by atomic mass is 9.74. The maximum absolute atomic E-state index is 10.3. The van der Waals surface area contributed by atoms with Crippen LogP contribution >= 0.6 is 0 Å².